The Kier molecular flexibility index (Phi) is 6.14. The molecule has 0 amide bonds. The maximum atomic E-state index is 12.9. The van der Waals surface area contributed by atoms with Crippen LogP contribution in [0.4, 0.5) is 0 Å². The highest BCUT2D eigenvalue weighted by Gasteiger charge is 2.13. The summed E-state index contributed by atoms with van der Waals surface area (Å²) in [6.07, 6.45) is 2.48. The molecule has 0 N–H and O–H groups in total. The molecule has 146 valence electrons. The van der Waals surface area contributed by atoms with Gasteiger partial charge in [-0.15, -0.1) is 0 Å². The number of nitrogens with zero attached hydrogens (tertiary/aromatic N) is 3. The van der Waals surface area contributed by atoms with E-state index in [2.05, 4.69) is 32.9 Å². The molecule has 0 unspecified atom stereocenters. The van der Waals surface area contributed by atoms with Gasteiger partial charge >= 0.3 is 0 Å². The second kappa shape index (κ2) is 8.56. The normalized spacial score (nSPS) is 12.5. The van der Waals surface area contributed by atoms with Gasteiger partial charge in [0.25, 0.3) is 5.56 Å². The molecule has 2 aromatic carbocycles. The summed E-state index contributed by atoms with van der Waals surface area (Å²) in [7, 11) is 1.60. The highest BCUT2D eigenvalue weighted by atomic mass is 79.9. The quantitative estimate of drug-likeness (QED) is 0.524. The Labute approximate surface area is 171 Å². The van der Waals surface area contributed by atoms with Crippen LogP contribution in [-0.2, 0) is 0 Å². The van der Waals surface area contributed by atoms with Gasteiger partial charge in [-0.3, -0.25) is 4.79 Å². The highest BCUT2D eigenvalue weighted by Crippen LogP contribution is 2.31. The van der Waals surface area contributed by atoms with Gasteiger partial charge in [-0.1, -0.05) is 28.9 Å². The van der Waals surface area contributed by atoms with Gasteiger partial charge in [0.1, 0.15) is 5.82 Å². The third kappa shape index (κ3) is 4.09. The highest BCUT2D eigenvalue weighted by molar-refractivity contribution is 9.10. The number of ether oxygens (including phenoxy) is 2. The Morgan fingerprint density at radius 2 is 2.11 bits per heavy atom. The summed E-state index contributed by atoms with van der Waals surface area (Å²) in [6, 6.07) is 11.0. The lowest BCUT2D eigenvalue weighted by molar-refractivity contribution is 0.207. The summed E-state index contributed by atoms with van der Waals surface area (Å²) >= 11 is 3.40. The minimum absolute atomic E-state index is 0.0209. The molecule has 0 spiro atoms. The van der Waals surface area contributed by atoms with Gasteiger partial charge in [0.15, 0.2) is 11.5 Å². The first kappa shape index (κ1) is 20.1. The molecular weight excluding hydrogens is 422 g/mol. The molecule has 1 atom stereocenters. The Morgan fingerprint density at radius 3 is 2.82 bits per heavy atom. The molecule has 0 fully saturated rings. The molecule has 28 heavy (non-hydrogen) atoms. The Hall–Kier alpha value is -2.67. The van der Waals surface area contributed by atoms with E-state index in [9.17, 15) is 4.79 Å². The monoisotopic (exact) mass is 443 g/mol. The van der Waals surface area contributed by atoms with Crippen LogP contribution in [0.3, 0.4) is 0 Å². The zero-order chi connectivity index (χ0) is 20.3. The minimum Gasteiger partial charge on any atom is -0.493 e. The van der Waals surface area contributed by atoms with E-state index in [-0.39, 0.29) is 11.7 Å². The SMILES string of the molecule is CC[C@@H](C)Oc1c(C=Nn2c(C)nc3ccc(Br)cc3c2=O)cccc1OC. The average Bonchev–Trinajstić information content (AvgIpc) is 2.69. The number of hydrogen-bond donors (Lipinski definition) is 0. The minimum atomic E-state index is -0.229. The van der Waals surface area contributed by atoms with Gasteiger partial charge in [0.2, 0.25) is 0 Å². The van der Waals surface area contributed by atoms with Crippen molar-refractivity contribution in [2.45, 2.75) is 33.3 Å². The summed E-state index contributed by atoms with van der Waals surface area (Å²) in [5, 5.41) is 4.89. The number of aryl methyl sites for hydroxylation is 1. The molecule has 0 aliphatic rings. The van der Waals surface area contributed by atoms with Crippen LogP contribution in [0.5, 0.6) is 11.5 Å². The molecular formula is C21H22BrN3O3. The predicted molar refractivity (Wildman–Crippen MR) is 115 cm³/mol. The summed E-state index contributed by atoms with van der Waals surface area (Å²) in [5.41, 5.74) is 1.13. The van der Waals surface area contributed by atoms with E-state index >= 15 is 0 Å². The number of aromatic nitrogens is 2. The fourth-order valence-electron chi connectivity index (χ4n) is 2.72. The summed E-state index contributed by atoms with van der Waals surface area (Å²) in [4.78, 5) is 17.4. The van der Waals surface area contributed by atoms with Crippen LogP contribution in [0.15, 0.2) is 50.8 Å². The third-order valence-corrected chi connectivity index (χ3v) is 4.90. The fraction of sp³-hybridized carbons (Fsp3) is 0.286. The van der Waals surface area contributed by atoms with Crippen molar-refractivity contribution >= 4 is 33.0 Å². The maximum Gasteiger partial charge on any atom is 0.282 e. The number of hydrogen-bond acceptors (Lipinski definition) is 5. The number of para-hydroxylation sites is 1. The van der Waals surface area contributed by atoms with Gasteiger partial charge in [-0.05, 0) is 50.6 Å². The zero-order valence-electron chi connectivity index (χ0n) is 16.3. The molecule has 0 aliphatic heterocycles. The molecule has 3 rings (SSSR count). The van der Waals surface area contributed by atoms with E-state index in [0.29, 0.717) is 28.2 Å². The van der Waals surface area contributed by atoms with Crippen molar-refractivity contribution in [2.75, 3.05) is 7.11 Å². The van der Waals surface area contributed by atoms with Crippen LogP contribution in [0.2, 0.25) is 0 Å². The maximum absolute atomic E-state index is 12.9. The molecule has 3 aromatic rings. The van der Waals surface area contributed by atoms with E-state index in [1.54, 1.807) is 26.3 Å². The van der Waals surface area contributed by atoms with Crippen molar-refractivity contribution in [3.63, 3.8) is 0 Å². The van der Waals surface area contributed by atoms with E-state index < -0.39 is 0 Å². The summed E-state index contributed by atoms with van der Waals surface area (Å²) < 4.78 is 13.6. The molecule has 0 radical (unpaired) electrons. The molecule has 0 aliphatic carbocycles. The average molecular weight is 444 g/mol. The second-order valence-corrected chi connectivity index (χ2v) is 7.31. The largest absolute Gasteiger partial charge is 0.493 e. The van der Waals surface area contributed by atoms with Gasteiger partial charge in [0.05, 0.1) is 30.3 Å². The van der Waals surface area contributed by atoms with E-state index in [1.165, 1.54) is 4.68 Å². The lowest BCUT2D eigenvalue weighted by Gasteiger charge is -2.17. The van der Waals surface area contributed by atoms with Crippen molar-refractivity contribution < 1.29 is 9.47 Å². The zero-order valence-corrected chi connectivity index (χ0v) is 17.9. The topological polar surface area (TPSA) is 65.7 Å². The van der Waals surface area contributed by atoms with Gasteiger partial charge < -0.3 is 9.47 Å². The van der Waals surface area contributed by atoms with Crippen molar-refractivity contribution in [3.8, 4) is 11.5 Å². The van der Waals surface area contributed by atoms with Crippen molar-refractivity contribution in [3.05, 3.63) is 62.6 Å². The van der Waals surface area contributed by atoms with Crippen LogP contribution in [-0.4, -0.2) is 29.1 Å². The van der Waals surface area contributed by atoms with Gasteiger partial charge in [-0.2, -0.15) is 9.78 Å². The number of rotatable bonds is 6. The van der Waals surface area contributed by atoms with E-state index in [0.717, 1.165) is 16.5 Å². The molecule has 0 saturated heterocycles. The van der Waals surface area contributed by atoms with Crippen LogP contribution in [0.25, 0.3) is 10.9 Å². The molecule has 6 nitrogen and oxygen atoms in total. The predicted octanol–water partition coefficient (Wildman–Crippen LogP) is 4.54. The number of halogens is 1. The van der Waals surface area contributed by atoms with Gasteiger partial charge in [-0.25, -0.2) is 4.98 Å². The fourth-order valence-corrected chi connectivity index (χ4v) is 3.08. The third-order valence-electron chi connectivity index (χ3n) is 4.41. The van der Waals surface area contributed by atoms with Crippen LogP contribution in [0, 0.1) is 6.92 Å². The van der Waals surface area contributed by atoms with Crippen LogP contribution < -0.4 is 15.0 Å². The first-order valence-corrected chi connectivity index (χ1v) is 9.80. The first-order valence-electron chi connectivity index (χ1n) is 9.01. The lowest BCUT2D eigenvalue weighted by Crippen LogP contribution is -2.20. The second-order valence-electron chi connectivity index (χ2n) is 6.40. The first-order chi connectivity index (χ1) is 13.4. The van der Waals surface area contributed by atoms with Crippen LogP contribution in [0.1, 0.15) is 31.7 Å². The van der Waals surface area contributed by atoms with E-state index in [1.807, 2.05) is 37.3 Å². The molecule has 1 heterocycles. The Morgan fingerprint density at radius 1 is 1.32 bits per heavy atom. The Balaban J connectivity index is 2.08. The van der Waals surface area contributed by atoms with E-state index in [4.69, 9.17) is 9.47 Å². The van der Waals surface area contributed by atoms with Gasteiger partial charge in [0, 0.05) is 10.0 Å². The molecule has 0 saturated carbocycles. The number of fused-ring (bicyclic) bond motifs is 1. The van der Waals surface area contributed by atoms with Crippen molar-refractivity contribution in [1.29, 1.82) is 0 Å². The number of methoxy groups -OCH3 is 1. The molecule has 1 aromatic heterocycles. The summed E-state index contributed by atoms with van der Waals surface area (Å²) in [5.74, 6) is 1.72. The summed E-state index contributed by atoms with van der Waals surface area (Å²) in [6.45, 7) is 5.80. The van der Waals surface area contributed by atoms with Crippen LogP contribution >= 0.6 is 15.9 Å². The van der Waals surface area contributed by atoms with Crippen molar-refractivity contribution in [2.24, 2.45) is 5.10 Å². The number of benzene rings is 2. The standard InChI is InChI=1S/C21H22BrN3O3/c1-5-13(2)28-20-15(7-6-8-19(20)27-4)12-23-25-14(3)24-18-10-9-16(22)11-17(18)21(25)26/h6-13H,5H2,1-4H3/t13-/m1/s1. The molecule has 7 heteroatoms. The smallest absolute Gasteiger partial charge is 0.282 e. The van der Waals surface area contributed by atoms with Crippen molar-refractivity contribution in [1.82, 2.24) is 9.66 Å². The molecule has 0 bridgehead atoms. The Bertz CT molecular complexity index is 1090. The lowest BCUT2D eigenvalue weighted by atomic mass is 10.2.